The fourth-order valence-corrected chi connectivity index (χ4v) is 3.15. The summed E-state index contributed by atoms with van der Waals surface area (Å²) >= 11 is 3.06. The molecule has 3 aromatic rings. The molecule has 15 heavy (non-hydrogen) atoms. The molecule has 0 aliphatic carbocycles. The summed E-state index contributed by atoms with van der Waals surface area (Å²) in [6, 6.07) is 3.94. The highest BCUT2D eigenvalue weighted by Crippen LogP contribution is 2.33. The van der Waals surface area contributed by atoms with Crippen molar-refractivity contribution in [1.29, 1.82) is 0 Å². The van der Waals surface area contributed by atoms with Gasteiger partial charge in [-0.1, -0.05) is 6.07 Å². The minimum absolute atomic E-state index is 0.315. The molecule has 0 saturated heterocycles. The molecule has 0 bridgehead atoms. The molecule has 0 unspecified atom stereocenters. The van der Waals surface area contributed by atoms with Crippen LogP contribution < -0.4 is 5.63 Å². The lowest BCUT2D eigenvalue weighted by Crippen LogP contribution is -1.98. The Morgan fingerprint density at radius 3 is 3.07 bits per heavy atom. The van der Waals surface area contributed by atoms with Gasteiger partial charge in [-0.3, -0.25) is 0 Å². The van der Waals surface area contributed by atoms with E-state index in [-0.39, 0.29) is 5.63 Å². The predicted molar refractivity (Wildman–Crippen MR) is 61.5 cm³/mol. The number of rotatable bonds is 1. The van der Waals surface area contributed by atoms with Crippen LogP contribution in [0.5, 0.6) is 0 Å². The Bertz CT molecular complexity index is 651. The first-order chi connectivity index (χ1) is 7.36. The van der Waals surface area contributed by atoms with E-state index >= 15 is 0 Å². The molecule has 0 aromatic carbocycles. The Morgan fingerprint density at radius 1 is 1.33 bits per heavy atom. The summed E-state index contributed by atoms with van der Waals surface area (Å²) in [5.41, 5.74) is 0.608. The lowest BCUT2D eigenvalue weighted by Gasteiger charge is -1.91. The number of aromatic nitrogens is 1. The first-order valence-electron chi connectivity index (χ1n) is 4.25. The van der Waals surface area contributed by atoms with Crippen molar-refractivity contribution >= 4 is 32.9 Å². The van der Waals surface area contributed by atoms with Crippen LogP contribution in [-0.2, 0) is 0 Å². The minimum atomic E-state index is -0.315. The van der Waals surface area contributed by atoms with Crippen LogP contribution in [0.4, 0.5) is 0 Å². The van der Waals surface area contributed by atoms with Gasteiger partial charge in [-0.15, -0.1) is 22.7 Å². The van der Waals surface area contributed by atoms with Crippen LogP contribution in [-0.4, -0.2) is 4.98 Å². The number of nitrogens with zero attached hydrogens (tertiary/aromatic N) is 1. The maximum absolute atomic E-state index is 11.6. The molecular formula is C10H5NO2S2. The second-order valence-electron chi connectivity index (χ2n) is 2.95. The third-order valence-corrected chi connectivity index (χ3v) is 3.88. The van der Waals surface area contributed by atoms with Gasteiger partial charge in [-0.2, -0.15) is 0 Å². The van der Waals surface area contributed by atoms with Crippen molar-refractivity contribution in [2.75, 3.05) is 0 Å². The van der Waals surface area contributed by atoms with Crippen molar-refractivity contribution in [3.8, 4) is 10.4 Å². The zero-order valence-corrected chi connectivity index (χ0v) is 9.10. The Morgan fingerprint density at radius 2 is 2.27 bits per heavy atom. The molecule has 0 radical (unpaired) electrons. The first-order valence-corrected chi connectivity index (χ1v) is 6.01. The molecule has 0 N–H and O–H groups in total. The molecular weight excluding hydrogens is 230 g/mol. The highest BCUT2D eigenvalue weighted by atomic mass is 32.1. The molecule has 0 saturated carbocycles. The summed E-state index contributed by atoms with van der Waals surface area (Å²) in [7, 11) is 0. The monoisotopic (exact) mass is 235 g/mol. The molecule has 5 heteroatoms. The quantitative estimate of drug-likeness (QED) is 0.651. The smallest absolute Gasteiger partial charge is 0.348 e. The largest absolute Gasteiger partial charge is 0.411 e. The highest BCUT2D eigenvalue weighted by Gasteiger charge is 2.12. The number of hydrogen-bond donors (Lipinski definition) is 0. The molecule has 0 aliphatic rings. The van der Waals surface area contributed by atoms with Gasteiger partial charge in [-0.05, 0) is 11.4 Å². The average molecular weight is 235 g/mol. The molecule has 0 fully saturated rings. The Balaban J connectivity index is 2.43. The van der Waals surface area contributed by atoms with Crippen LogP contribution in [0.3, 0.4) is 0 Å². The van der Waals surface area contributed by atoms with Crippen LogP contribution in [0.1, 0.15) is 0 Å². The molecule has 0 atom stereocenters. The molecule has 3 nitrogen and oxygen atoms in total. The molecule has 0 amide bonds. The van der Waals surface area contributed by atoms with E-state index in [0.29, 0.717) is 5.39 Å². The zero-order chi connectivity index (χ0) is 10.3. The normalized spacial score (nSPS) is 10.9. The van der Waals surface area contributed by atoms with Crippen molar-refractivity contribution in [2.45, 2.75) is 0 Å². The van der Waals surface area contributed by atoms with Gasteiger partial charge < -0.3 is 4.42 Å². The minimum Gasteiger partial charge on any atom is -0.411 e. The maximum Gasteiger partial charge on any atom is 0.348 e. The van der Waals surface area contributed by atoms with Crippen LogP contribution >= 0.6 is 22.7 Å². The van der Waals surface area contributed by atoms with E-state index in [1.165, 1.54) is 17.7 Å². The van der Waals surface area contributed by atoms with Crippen molar-refractivity contribution in [3.63, 3.8) is 0 Å². The second-order valence-corrected chi connectivity index (χ2v) is 4.75. The molecule has 0 spiro atoms. The number of fused-ring (bicyclic) bond motifs is 1. The number of thiophene rings is 2. The van der Waals surface area contributed by atoms with Gasteiger partial charge in [0.15, 0.2) is 6.39 Å². The zero-order valence-electron chi connectivity index (χ0n) is 7.47. The van der Waals surface area contributed by atoms with Crippen molar-refractivity contribution in [2.24, 2.45) is 0 Å². The molecule has 74 valence electrons. The van der Waals surface area contributed by atoms with E-state index in [1.807, 2.05) is 22.9 Å². The second kappa shape index (κ2) is 3.29. The topological polar surface area (TPSA) is 43.1 Å². The van der Waals surface area contributed by atoms with Crippen LogP contribution in [0.25, 0.3) is 20.7 Å². The maximum atomic E-state index is 11.6. The standard InChI is InChI=1S/C10H5NO2S2/c12-10-8-6(7-2-1-3-14-7)4-15-9(8)11-5-13-10/h1-5H. The number of hydrogen-bond acceptors (Lipinski definition) is 5. The van der Waals surface area contributed by atoms with E-state index in [4.69, 9.17) is 4.42 Å². The lowest BCUT2D eigenvalue weighted by molar-refractivity contribution is 0.502. The van der Waals surface area contributed by atoms with Gasteiger partial charge in [0.2, 0.25) is 0 Å². The van der Waals surface area contributed by atoms with Gasteiger partial charge in [0, 0.05) is 15.8 Å². The van der Waals surface area contributed by atoms with E-state index in [9.17, 15) is 4.79 Å². The molecule has 3 rings (SSSR count). The molecule has 3 heterocycles. The summed E-state index contributed by atoms with van der Waals surface area (Å²) in [6.07, 6.45) is 1.19. The Labute approximate surface area is 92.6 Å². The fraction of sp³-hybridized carbons (Fsp3) is 0. The van der Waals surface area contributed by atoms with Gasteiger partial charge in [0.1, 0.15) is 10.2 Å². The fourth-order valence-electron chi connectivity index (χ4n) is 1.43. The van der Waals surface area contributed by atoms with Crippen molar-refractivity contribution in [1.82, 2.24) is 4.98 Å². The van der Waals surface area contributed by atoms with Crippen molar-refractivity contribution < 1.29 is 4.42 Å². The Hall–Kier alpha value is -1.46. The van der Waals surface area contributed by atoms with Gasteiger partial charge >= 0.3 is 5.63 Å². The van der Waals surface area contributed by atoms with Crippen LogP contribution in [0.2, 0.25) is 0 Å². The average Bonchev–Trinajstić information content (AvgIpc) is 2.85. The van der Waals surface area contributed by atoms with E-state index in [1.54, 1.807) is 11.3 Å². The van der Waals surface area contributed by atoms with Crippen molar-refractivity contribution in [3.05, 3.63) is 39.7 Å². The third-order valence-electron chi connectivity index (χ3n) is 2.09. The lowest BCUT2D eigenvalue weighted by atomic mass is 10.2. The Kier molecular flexibility index (Phi) is 1.93. The van der Waals surface area contributed by atoms with Crippen LogP contribution in [0, 0.1) is 0 Å². The predicted octanol–water partition coefficient (Wildman–Crippen LogP) is 2.98. The van der Waals surface area contributed by atoms with Gasteiger partial charge in [-0.25, -0.2) is 9.78 Å². The third kappa shape index (κ3) is 1.32. The van der Waals surface area contributed by atoms with Gasteiger partial charge in [0.25, 0.3) is 0 Å². The highest BCUT2D eigenvalue weighted by molar-refractivity contribution is 7.18. The van der Waals surface area contributed by atoms with Crippen LogP contribution in [0.15, 0.2) is 38.5 Å². The summed E-state index contributed by atoms with van der Waals surface area (Å²) in [4.78, 5) is 17.4. The van der Waals surface area contributed by atoms with E-state index in [0.717, 1.165) is 15.3 Å². The van der Waals surface area contributed by atoms with E-state index < -0.39 is 0 Å². The van der Waals surface area contributed by atoms with Gasteiger partial charge in [0.05, 0.1) is 0 Å². The summed E-state index contributed by atoms with van der Waals surface area (Å²) < 4.78 is 4.78. The SMILES string of the molecule is O=c1ocnc2scc(-c3cccs3)c12. The molecule has 3 aromatic heterocycles. The summed E-state index contributed by atoms with van der Waals surface area (Å²) in [5, 5.41) is 4.52. The summed E-state index contributed by atoms with van der Waals surface area (Å²) in [6.45, 7) is 0. The molecule has 0 aliphatic heterocycles. The van der Waals surface area contributed by atoms with E-state index in [2.05, 4.69) is 4.98 Å². The first kappa shape index (κ1) is 8.82. The summed E-state index contributed by atoms with van der Waals surface area (Å²) in [5.74, 6) is 0.